The molecule has 1 heterocycles. The Hall–Kier alpha value is -1.74. The number of benzene rings is 1. The van der Waals surface area contributed by atoms with Crippen LogP contribution in [-0.2, 0) is 22.7 Å². The third-order valence-corrected chi connectivity index (χ3v) is 3.60. The summed E-state index contributed by atoms with van der Waals surface area (Å²) in [4.78, 5) is -0.334. The zero-order valence-electron chi connectivity index (χ0n) is 9.62. The Morgan fingerprint density at radius 2 is 2.21 bits per heavy atom. The number of rotatable bonds is 4. The lowest BCUT2D eigenvalue weighted by Crippen LogP contribution is -2.05. The standard InChI is InChI=1S/C9H8ClFN4O3S/c1-15-9(12-13-14-15)5-18-8-3-2-6(4-7(8)11)19(10,16)17/h2-4H,5H2,1H3. The first-order valence-electron chi connectivity index (χ1n) is 4.96. The monoisotopic (exact) mass is 306 g/mol. The van der Waals surface area contributed by atoms with Gasteiger partial charge in [-0.1, -0.05) is 0 Å². The van der Waals surface area contributed by atoms with Gasteiger partial charge in [-0.15, -0.1) is 5.10 Å². The number of tetrazole rings is 1. The number of halogens is 2. The van der Waals surface area contributed by atoms with Crippen LogP contribution in [-0.4, -0.2) is 28.6 Å². The Bertz CT molecular complexity index is 703. The Morgan fingerprint density at radius 3 is 2.74 bits per heavy atom. The summed E-state index contributed by atoms with van der Waals surface area (Å²) in [6.07, 6.45) is 0. The van der Waals surface area contributed by atoms with Crippen molar-refractivity contribution in [2.24, 2.45) is 7.05 Å². The van der Waals surface area contributed by atoms with Crippen molar-refractivity contribution < 1.29 is 17.5 Å². The van der Waals surface area contributed by atoms with Crippen molar-refractivity contribution in [1.29, 1.82) is 0 Å². The lowest BCUT2D eigenvalue weighted by atomic mass is 10.3. The lowest BCUT2D eigenvalue weighted by Gasteiger charge is -2.06. The molecule has 0 saturated carbocycles. The van der Waals surface area contributed by atoms with Crippen LogP contribution >= 0.6 is 10.7 Å². The second-order valence-electron chi connectivity index (χ2n) is 3.54. The number of ether oxygens (including phenoxy) is 1. The van der Waals surface area contributed by atoms with Crippen molar-refractivity contribution in [3.8, 4) is 5.75 Å². The van der Waals surface area contributed by atoms with Gasteiger partial charge in [-0.05, 0) is 28.6 Å². The van der Waals surface area contributed by atoms with Crippen molar-refractivity contribution in [3.63, 3.8) is 0 Å². The summed E-state index contributed by atoms with van der Waals surface area (Å²) in [5.74, 6) is -0.558. The van der Waals surface area contributed by atoms with Gasteiger partial charge >= 0.3 is 0 Å². The van der Waals surface area contributed by atoms with Gasteiger partial charge < -0.3 is 4.74 Å². The smallest absolute Gasteiger partial charge is 0.261 e. The van der Waals surface area contributed by atoms with Gasteiger partial charge in [-0.2, -0.15) is 0 Å². The number of nitrogens with zero attached hydrogens (tertiary/aromatic N) is 4. The van der Waals surface area contributed by atoms with Crippen LogP contribution in [0.5, 0.6) is 5.75 Å². The lowest BCUT2D eigenvalue weighted by molar-refractivity contribution is 0.275. The van der Waals surface area contributed by atoms with E-state index in [1.807, 2.05) is 0 Å². The van der Waals surface area contributed by atoms with Crippen LogP contribution in [0.3, 0.4) is 0 Å². The van der Waals surface area contributed by atoms with Gasteiger partial charge in [0.05, 0.1) is 4.90 Å². The van der Waals surface area contributed by atoms with E-state index in [1.54, 1.807) is 7.05 Å². The summed E-state index contributed by atoms with van der Waals surface area (Å²) >= 11 is 0. The van der Waals surface area contributed by atoms with Crippen LogP contribution in [0.1, 0.15) is 5.82 Å². The Kier molecular flexibility index (Phi) is 3.67. The van der Waals surface area contributed by atoms with Crippen molar-refractivity contribution in [1.82, 2.24) is 20.2 Å². The topological polar surface area (TPSA) is 87.0 Å². The largest absolute Gasteiger partial charge is 0.482 e. The van der Waals surface area contributed by atoms with Crippen LogP contribution in [0.15, 0.2) is 23.1 Å². The van der Waals surface area contributed by atoms with Gasteiger partial charge in [0, 0.05) is 17.7 Å². The average molecular weight is 307 g/mol. The van der Waals surface area contributed by atoms with Crippen LogP contribution < -0.4 is 4.74 Å². The predicted molar refractivity (Wildman–Crippen MR) is 62.6 cm³/mol. The third-order valence-electron chi connectivity index (χ3n) is 2.25. The summed E-state index contributed by atoms with van der Waals surface area (Å²) in [5, 5.41) is 10.6. The average Bonchev–Trinajstić information content (AvgIpc) is 2.72. The molecule has 2 aromatic rings. The molecule has 19 heavy (non-hydrogen) atoms. The Balaban J connectivity index is 2.16. The molecule has 0 aliphatic rings. The van der Waals surface area contributed by atoms with E-state index in [9.17, 15) is 12.8 Å². The highest BCUT2D eigenvalue weighted by Gasteiger charge is 2.14. The minimum Gasteiger partial charge on any atom is -0.482 e. The zero-order chi connectivity index (χ0) is 14.0. The molecule has 0 aliphatic heterocycles. The normalized spacial score (nSPS) is 11.5. The maximum atomic E-state index is 13.6. The van der Waals surface area contributed by atoms with E-state index in [0.717, 1.165) is 12.1 Å². The van der Waals surface area contributed by atoms with Crippen LogP contribution in [0.4, 0.5) is 4.39 Å². The summed E-state index contributed by atoms with van der Waals surface area (Å²) in [6, 6.07) is 3.11. The molecule has 0 bridgehead atoms. The molecule has 0 radical (unpaired) electrons. The van der Waals surface area contributed by atoms with Crippen molar-refractivity contribution >= 4 is 19.7 Å². The summed E-state index contributed by atoms with van der Waals surface area (Å²) in [7, 11) is 2.74. The Labute approximate surface area is 112 Å². The van der Waals surface area contributed by atoms with E-state index >= 15 is 0 Å². The molecule has 0 N–H and O–H groups in total. The van der Waals surface area contributed by atoms with Crippen LogP contribution in [0, 0.1) is 5.82 Å². The highest BCUT2D eigenvalue weighted by molar-refractivity contribution is 8.13. The molecule has 102 valence electrons. The molecule has 2 rings (SSSR count). The molecule has 0 amide bonds. The number of hydrogen-bond donors (Lipinski definition) is 0. The number of hydrogen-bond acceptors (Lipinski definition) is 6. The van der Waals surface area contributed by atoms with Crippen molar-refractivity contribution in [2.75, 3.05) is 0 Å². The predicted octanol–water partition coefficient (Wildman–Crippen LogP) is 0.856. The highest BCUT2D eigenvalue weighted by Crippen LogP contribution is 2.23. The molecule has 1 aromatic carbocycles. The second-order valence-corrected chi connectivity index (χ2v) is 6.10. The molecule has 0 unspecified atom stereocenters. The second kappa shape index (κ2) is 5.10. The minimum atomic E-state index is -3.97. The molecule has 1 aromatic heterocycles. The highest BCUT2D eigenvalue weighted by atomic mass is 35.7. The number of aromatic nitrogens is 4. The molecule has 0 fully saturated rings. The molecular formula is C9H8ClFN4O3S. The summed E-state index contributed by atoms with van der Waals surface area (Å²) in [5.41, 5.74) is 0. The molecule has 0 aliphatic carbocycles. The van der Waals surface area contributed by atoms with Gasteiger partial charge in [-0.3, -0.25) is 0 Å². The minimum absolute atomic E-state index is 0.0482. The molecule has 0 atom stereocenters. The fourth-order valence-corrected chi connectivity index (χ4v) is 2.03. The SMILES string of the molecule is Cn1nnnc1COc1ccc(S(=O)(=O)Cl)cc1F. The van der Waals surface area contributed by atoms with E-state index in [2.05, 4.69) is 15.5 Å². The first kappa shape index (κ1) is 13.7. The first-order chi connectivity index (χ1) is 8.88. The number of aryl methyl sites for hydroxylation is 1. The van der Waals surface area contributed by atoms with Gasteiger partial charge in [0.2, 0.25) is 0 Å². The van der Waals surface area contributed by atoms with Crippen molar-refractivity contribution in [2.45, 2.75) is 11.5 Å². The van der Waals surface area contributed by atoms with Gasteiger partial charge in [-0.25, -0.2) is 17.5 Å². The maximum absolute atomic E-state index is 13.6. The van der Waals surface area contributed by atoms with E-state index in [4.69, 9.17) is 15.4 Å². The fourth-order valence-electron chi connectivity index (χ4n) is 1.26. The van der Waals surface area contributed by atoms with E-state index in [-0.39, 0.29) is 17.3 Å². The van der Waals surface area contributed by atoms with Crippen LogP contribution in [0.25, 0.3) is 0 Å². The molecule has 0 saturated heterocycles. The fraction of sp³-hybridized carbons (Fsp3) is 0.222. The molecular weight excluding hydrogens is 299 g/mol. The summed E-state index contributed by atoms with van der Waals surface area (Å²) < 4.78 is 42.2. The van der Waals surface area contributed by atoms with E-state index < -0.39 is 14.9 Å². The quantitative estimate of drug-likeness (QED) is 0.778. The maximum Gasteiger partial charge on any atom is 0.261 e. The van der Waals surface area contributed by atoms with Gasteiger partial charge in [0.15, 0.2) is 17.4 Å². The van der Waals surface area contributed by atoms with Gasteiger partial charge in [0.1, 0.15) is 6.61 Å². The van der Waals surface area contributed by atoms with Crippen molar-refractivity contribution in [3.05, 3.63) is 29.8 Å². The van der Waals surface area contributed by atoms with E-state index in [1.165, 1.54) is 10.7 Å². The summed E-state index contributed by atoms with van der Waals surface area (Å²) in [6.45, 7) is -0.0482. The third kappa shape index (κ3) is 3.18. The van der Waals surface area contributed by atoms with E-state index in [0.29, 0.717) is 5.82 Å². The molecule has 0 spiro atoms. The molecule has 7 nitrogen and oxygen atoms in total. The Morgan fingerprint density at radius 1 is 1.47 bits per heavy atom. The molecule has 10 heteroatoms. The first-order valence-corrected chi connectivity index (χ1v) is 7.27. The van der Waals surface area contributed by atoms with Gasteiger partial charge in [0.25, 0.3) is 9.05 Å². The zero-order valence-corrected chi connectivity index (χ0v) is 11.2. The van der Waals surface area contributed by atoms with Crippen LogP contribution in [0.2, 0.25) is 0 Å².